The molecule has 100 valence electrons. The lowest BCUT2D eigenvalue weighted by atomic mass is 9.86. The topological polar surface area (TPSA) is 16.1 Å². The van der Waals surface area contributed by atoms with Crippen LogP contribution < -0.4 is 4.90 Å². The minimum atomic E-state index is 0.508. The predicted octanol–water partition coefficient (Wildman–Crippen LogP) is 4.60. The van der Waals surface area contributed by atoms with E-state index in [1.165, 1.54) is 25.7 Å². The van der Waals surface area contributed by atoms with E-state index in [0.29, 0.717) is 11.9 Å². The van der Waals surface area contributed by atoms with E-state index in [1.54, 1.807) is 0 Å². The van der Waals surface area contributed by atoms with Crippen LogP contribution in [0, 0.1) is 5.92 Å². The van der Waals surface area contributed by atoms with Gasteiger partial charge in [-0.15, -0.1) is 11.6 Å². The van der Waals surface area contributed by atoms with Crippen LogP contribution in [0.4, 0.5) is 5.82 Å². The van der Waals surface area contributed by atoms with Gasteiger partial charge in [-0.1, -0.05) is 19.8 Å². The van der Waals surface area contributed by atoms with Gasteiger partial charge in [0.25, 0.3) is 0 Å². The first-order valence-electron chi connectivity index (χ1n) is 6.55. The number of nitrogens with zero attached hydrogens (tertiary/aromatic N) is 2. The molecule has 0 saturated heterocycles. The molecule has 0 spiro atoms. The molecule has 1 fully saturated rings. The van der Waals surface area contributed by atoms with Crippen molar-refractivity contribution in [2.45, 2.75) is 44.5 Å². The van der Waals surface area contributed by atoms with Gasteiger partial charge in [0.2, 0.25) is 0 Å². The molecular formula is C14H20BrClN2. The highest BCUT2D eigenvalue weighted by Gasteiger charge is 2.24. The molecule has 4 heteroatoms. The molecule has 18 heavy (non-hydrogen) atoms. The van der Waals surface area contributed by atoms with Crippen molar-refractivity contribution < 1.29 is 0 Å². The first-order chi connectivity index (χ1) is 8.61. The number of anilines is 1. The van der Waals surface area contributed by atoms with Crippen LogP contribution in [-0.4, -0.2) is 18.1 Å². The van der Waals surface area contributed by atoms with Crippen molar-refractivity contribution in [3.8, 4) is 0 Å². The van der Waals surface area contributed by atoms with Crippen LogP contribution in [0.2, 0.25) is 0 Å². The minimum Gasteiger partial charge on any atom is -0.356 e. The Hall–Kier alpha value is -0.280. The summed E-state index contributed by atoms with van der Waals surface area (Å²) >= 11 is 9.48. The molecule has 0 aliphatic heterocycles. The number of hydrogen-bond donors (Lipinski definition) is 0. The van der Waals surface area contributed by atoms with Gasteiger partial charge in [-0.2, -0.15) is 0 Å². The smallest absolute Gasteiger partial charge is 0.133 e. The zero-order chi connectivity index (χ0) is 13.1. The number of halogens is 2. The molecule has 0 N–H and O–H groups in total. The zero-order valence-electron chi connectivity index (χ0n) is 11.0. The fourth-order valence-corrected chi connectivity index (χ4v) is 3.39. The second-order valence-electron chi connectivity index (χ2n) is 5.31. The van der Waals surface area contributed by atoms with Gasteiger partial charge >= 0.3 is 0 Å². The van der Waals surface area contributed by atoms with Gasteiger partial charge in [0.15, 0.2) is 0 Å². The summed E-state index contributed by atoms with van der Waals surface area (Å²) in [4.78, 5) is 6.86. The van der Waals surface area contributed by atoms with Gasteiger partial charge in [0.05, 0.1) is 5.88 Å². The Bertz CT molecular complexity index is 411. The predicted molar refractivity (Wildman–Crippen MR) is 81.3 cm³/mol. The fourth-order valence-electron chi connectivity index (χ4n) is 2.82. The van der Waals surface area contributed by atoms with Gasteiger partial charge < -0.3 is 4.90 Å². The van der Waals surface area contributed by atoms with E-state index >= 15 is 0 Å². The second-order valence-corrected chi connectivity index (χ2v) is 6.49. The van der Waals surface area contributed by atoms with Crippen LogP contribution in [-0.2, 0) is 5.88 Å². The molecule has 1 aromatic rings. The Morgan fingerprint density at radius 1 is 1.50 bits per heavy atom. The largest absolute Gasteiger partial charge is 0.356 e. The highest BCUT2D eigenvalue weighted by molar-refractivity contribution is 9.10. The molecule has 0 radical (unpaired) electrons. The molecule has 1 aliphatic rings. The first kappa shape index (κ1) is 14.1. The van der Waals surface area contributed by atoms with E-state index in [9.17, 15) is 0 Å². The summed E-state index contributed by atoms with van der Waals surface area (Å²) in [7, 11) is 2.15. The number of hydrogen-bond acceptors (Lipinski definition) is 2. The Kier molecular flexibility index (Phi) is 4.91. The average Bonchev–Trinajstić information content (AvgIpc) is 2.37. The lowest BCUT2D eigenvalue weighted by Crippen LogP contribution is -2.36. The molecule has 2 atom stereocenters. The summed E-state index contributed by atoms with van der Waals surface area (Å²) in [5.74, 6) is 2.36. The van der Waals surface area contributed by atoms with Crippen molar-refractivity contribution in [2.24, 2.45) is 5.92 Å². The van der Waals surface area contributed by atoms with E-state index < -0.39 is 0 Å². The third-order valence-corrected chi connectivity index (χ3v) is 4.57. The van der Waals surface area contributed by atoms with Crippen LogP contribution in [0.5, 0.6) is 0 Å². The van der Waals surface area contributed by atoms with Crippen LogP contribution >= 0.6 is 27.5 Å². The first-order valence-corrected chi connectivity index (χ1v) is 7.87. The lowest BCUT2D eigenvalue weighted by molar-refractivity contribution is 0.335. The monoisotopic (exact) mass is 330 g/mol. The summed E-state index contributed by atoms with van der Waals surface area (Å²) in [6, 6.07) is 2.67. The van der Waals surface area contributed by atoms with Crippen molar-refractivity contribution in [3.63, 3.8) is 0 Å². The zero-order valence-corrected chi connectivity index (χ0v) is 13.3. The third kappa shape index (κ3) is 3.18. The van der Waals surface area contributed by atoms with Crippen LogP contribution in [0.3, 0.4) is 0 Å². The van der Waals surface area contributed by atoms with E-state index in [2.05, 4.69) is 45.9 Å². The Labute approximate surface area is 123 Å². The van der Waals surface area contributed by atoms with E-state index in [0.717, 1.165) is 21.8 Å². The number of rotatable bonds is 3. The molecule has 2 rings (SSSR count). The molecule has 2 nitrogen and oxygen atoms in total. The standard InChI is InChI=1S/C14H20BrClN2/c1-10-4-3-5-13(6-10)18(2)14-11(8-16)7-12(15)9-17-14/h7,9-10,13H,3-6,8H2,1-2H3. The molecule has 1 aliphatic carbocycles. The second kappa shape index (κ2) is 6.25. The van der Waals surface area contributed by atoms with Gasteiger partial charge in [0.1, 0.15) is 5.82 Å². The summed E-state index contributed by atoms with van der Waals surface area (Å²) in [6.45, 7) is 2.34. The van der Waals surface area contributed by atoms with Gasteiger partial charge in [-0.3, -0.25) is 0 Å². The SMILES string of the molecule is CC1CCCC(N(C)c2ncc(Br)cc2CCl)C1. The molecule has 1 aromatic heterocycles. The minimum absolute atomic E-state index is 0.508. The van der Waals surface area contributed by atoms with Crippen LogP contribution in [0.25, 0.3) is 0 Å². The van der Waals surface area contributed by atoms with Gasteiger partial charge in [0, 0.05) is 29.3 Å². The summed E-state index contributed by atoms with van der Waals surface area (Å²) < 4.78 is 0.993. The van der Waals surface area contributed by atoms with Crippen molar-refractivity contribution in [2.75, 3.05) is 11.9 Å². The van der Waals surface area contributed by atoms with Gasteiger partial charge in [-0.25, -0.2) is 4.98 Å². The fraction of sp³-hybridized carbons (Fsp3) is 0.643. The highest BCUT2D eigenvalue weighted by atomic mass is 79.9. The quantitative estimate of drug-likeness (QED) is 0.753. The number of aromatic nitrogens is 1. The Morgan fingerprint density at radius 2 is 2.28 bits per heavy atom. The molecular weight excluding hydrogens is 312 g/mol. The maximum Gasteiger partial charge on any atom is 0.133 e. The number of pyridine rings is 1. The summed E-state index contributed by atoms with van der Waals surface area (Å²) in [5.41, 5.74) is 1.10. The van der Waals surface area contributed by atoms with Crippen molar-refractivity contribution in [3.05, 3.63) is 22.3 Å². The summed E-state index contributed by atoms with van der Waals surface area (Å²) in [5, 5.41) is 0. The molecule has 1 saturated carbocycles. The molecule has 2 unspecified atom stereocenters. The normalized spacial score (nSPS) is 24.0. The Balaban J connectivity index is 2.19. The van der Waals surface area contributed by atoms with Gasteiger partial charge in [-0.05, 0) is 40.8 Å². The van der Waals surface area contributed by atoms with Crippen molar-refractivity contribution >= 4 is 33.3 Å². The summed E-state index contributed by atoms with van der Waals surface area (Å²) in [6.07, 6.45) is 7.06. The average molecular weight is 332 g/mol. The van der Waals surface area contributed by atoms with Crippen molar-refractivity contribution in [1.82, 2.24) is 4.98 Å². The third-order valence-electron chi connectivity index (χ3n) is 3.84. The van der Waals surface area contributed by atoms with E-state index in [-0.39, 0.29) is 0 Å². The van der Waals surface area contributed by atoms with E-state index in [4.69, 9.17) is 11.6 Å². The maximum absolute atomic E-state index is 6.03. The number of alkyl halides is 1. The van der Waals surface area contributed by atoms with E-state index in [1.807, 2.05) is 6.20 Å². The molecule has 0 amide bonds. The molecule has 0 aromatic carbocycles. The van der Waals surface area contributed by atoms with Crippen molar-refractivity contribution in [1.29, 1.82) is 0 Å². The van der Waals surface area contributed by atoms with Crippen LogP contribution in [0.15, 0.2) is 16.7 Å². The van der Waals surface area contributed by atoms with Crippen LogP contribution in [0.1, 0.15) is 38.2 Å². The molecule has 1 heterocycles. The lowest BCUT2D eigenvalue weighted by Gasteiger charge is -2.35. The maximum atomic E-state index is 6.03. The molecule has 0 bridgehead atoms. The Morgan fingerprint density at radius 3 is 2.94 bits per heavy atom. The highest BCUT2D eigenvalue weighted by Crippen LogP contribution is 2.31.